The number of hydrogen-bond acceptors (Lipinski definition) is 5. The number of nitrogens with zero attached hydrogens (tertiary/aromatic N) is 3. The van der Waals surface area contributed by atoms with Gasteiger partial charge in [-0.25, -0.2) is 4.79 Å². The lowest BCUT2D eigenvalue weighted by molar-refractivity contribution is -0.146. The molecule has 1 aliphatic carbocycles. The number of ether oxygens (including phenoxy) is 1. The van der Waals surface area contributed by atoms with Crippen LogP contribution >= 0.6 is 0 Å². The van der Waals surface area contributed by atoms with E-state index < -0.39 is 18.1 Å². The maximum absolute atomic E-state index is 13.6. The first-order chi connectivity index (χ1) is 16.3. The van der Waals surface area contributed by atoms with Crippen LogP contribution in [0.3, 0.4) is 0 Å². The van der Waals surface area contributed by atoms with Crippen molar-refractivity contribution < 1.29 is 23.9 Å². The van der Waals surface area contributed by atoms with Crippen LogP contribution in [0.5, 0.6) is 0 Å². The Morgan fingerprint density at radius 2 is 1.65 bits per heavy atom. The smallest absolute Gasteiger partial charge is 0.410 e. The molecule has 4 amide bonds. The largest absolute Gasteiger partial charge is 0.445 e. The molecule has 5 rings (SSSR count). The minimum absolute atomic E-state index is 0.0781. The Bertz CT molecular complexity index is 989. The van der Waals surface area contributed by atoms with Crippen molar-refractivity contribution in [2.24, 2.45) is 23.7 Å². The summed E-state index contributed by atoms with van der Waals surface area (Å²) >= 11 is 0. The van der Waals surface area contributed by atoms with Crippen LogP contribution < -0.4 is 0 Å². The number of fused-ring (bicyclic) bond motifs is 1. The van der Waals surface area contributed by atoms with Crippen molar-refractivity contribution in [3.63, 3.8) is 0 Å². The molecule has 8 heteroatoms. The first kappa shape index (κ1) is 22.9. The molecular weight excluding hydrogens is 434 g/mol. The lowest BCUT2D eigenvalue weighted by Gasteiger charge is -2.31. The molecule has 7 atom stereocenters. The van der Waals surface area contributed by atoms with Gasteiger partial charge in [0.2, 0.25) is 17.7 Å². The van der Waals surface area contributed by atoms with Gasteiger partial charge in [0, 0.05) is 19.0 Å². The molecule has 1 saturated carbocycles. The van der Waals surface area contributed by atoms with E-state index in [1.165, 1.54) is 9.80 Å². The van der Waals surface area contributed by atoms with E-state index in [-0.39, 0.29) is 42.3 Å². The summed E-state index contributed by atoms with van der Waals surface area (Å²) in [4.78, 5) is 57.4. The van der Waals surface area contributed by atoms with Gasteiger partial charge in [0.25, 0.3) is 0 Å². The summed E-state index contributed by atoms with van der Waals surface area (Å²) in [6, 6.07) is 8.28. The second-order valence-corrected chi connectivity index (χ2v) is 10.3. The minimum atomic E-state index is -0.586. The third-order valence-electron chi connectivity index (χ3n) is 8.50. The van der Waals surface area contributed by atoms with Crippen LogP contribution in [0.15, 0.2) is 30.3 Å². The highest BCUT2D eigenvalue weighted by Gasteiger charge is 2.60. The van der Waals surface area contributed by atoms with Gasteiger partial charge in [0.05, 0.1) is 18.0 Å². The van der Waals surface area contributed by atoms with Crippen molar-refractivity contribution in [2.75, 3.05) is 13.1 Å². The van der Waals surface area contributed by atoms with Gasteiger partial charge in [0.1, 0.15) is 12.6 Å². The van der Waals surface area contributed by atoms with Gasteiger partial charge in [-0.2, -0.15) is 0 Å². The van der Waals surface area contributed by atoms with E-state index in [9.17, 15) is 19.2 Å². The average molecular weight is 468 g/mol. The first-order valence-electron chi connectivity index (χ1n) is 12.5. The van der Waals surface area contributed by atoms with Gasteiger partial charge in [-0.3, -0.25) is 24.2 Å². The Balaban J connectivity index is 1.27. The minimum Gasteiger partial charge on any atom is -0.445 e. The Hall–Kier alpha value is -2.90. The quantitative estimate of drug-likeness (QED) is 0.636. The van der Waals surface area contributed by atoms with Crippen LogP contribution in [0.4, 0.5) is 4.79 Å². The summed E-state index contributed by atoms with van der Waals surface area (Å²) in [5.41, 5.74) is 0.891. The number of hydrogen-bond donors (Lipinski definition) is 0. The van der Waals surface area contributed by atoms with Gasteiger partial charge in [0.15, 0.2) is 0 Å². The zero-order chi connectivity index (χ0) is 24.1. The van der Waals surface area contributed by atoms with Crippen LogP contribution in [0.1, 0.15) is 45.6 Å². The molecule has 0 spiro atoms. The molecule has 1 aromatic rings. The molecule has 4 aliphatic rings. The van der Waals surface area contributed by atoms with E-state index in [0.29, 0.717) is 37.8 Å². The maximum Gasteiger partial charge on any atom is 0.410 e. The van der Waals surface area contributed by atoms with Crippen molar-refractivity contribution >= 4 is 23.8 Å². The molecule has 1 aromatic carbocycles. The maximum atomic E-state index is 13.6. The van der Waals surface area contributed by atoms with E-state index in [0.717, 1.165) is 12.0 Å². The van der Waals surface area contributed by atoms with E-state index in [1.54, 1.807) is 4.90 Å². The van der Waals surface area contributed by atoms with E-state index in [1.807, 2.05) is 51.1 Å². The lowest BCUT2D eigenvalue weighted by Crippen LogP contribution is -2.51. The summed E-state index contributed by atoms with van der Waals surface area (Å²) in [7, 11) is 0. The van der Waals surface area contributed by atoms with Crippen LogP contribution in [-0.4, -0.2) is 69.7 Å². The third-order valence-corrected chi connectivity index (χ3v) is 8.50. The van der Waals surface area contributed by atoms with Crippen LogP contribution in [0.2, 0.25) is 0 Å². The lowest BCUT2D eigenvalue weighted by atomic mass is 10.0. The molecule has 8 nitrogen and oxygen atoms in total. The number of carbonyl (C=O) groups excluding carboxylic acids is 4. The number of imide groups is 1. The zero-order valence-electron chi connectivity index (χ0n) is 20.1. The van der Waals surface area contributed by atoms with Gasteiger partial charge < -0.3 is 9.64 Å². The Morgan fingerprint density at radius 3 is 2.32 bits per heavy atom. The van der Waals surface area contributed by atoms with E-state index in [2.05, 4.69) is 0 Å². The molecule has 182 valence electrons. The van der Waals surface area contributed by atoms with E-state index >= 15 is 0 Å². The summed E-state index contributed by atoms with van der Waals surface area (Å²) < 4.78 is 5.49. The van der Waals surface area contributed by atoms with Crippen LogP contribution in [-0.2, 0) is 25.7 Å². The Kier molecular flexibility index (Phi) is 5.86. The predicted octanol–water partition coefficient (Wildman–Crippen LogP) is 2.66. The summed E-state index contributed by atoms with van der Waals surface area (Å²) in [6.45, 7) is 7.04. The molecule has 0 radical (unpaired) electrons. The molecule has 0 aromatic heterocycles. The second-order valence-electron chi connectivity index (χ2n) is 10.3. The Labute approximate surface area is 200 Å². The predicted molar refractivity (Wildman–Crippen MR) is 123 cm³/mol. The van der Waals surface area contributed by atoms with Gasteiger partial charge in [-0.1, -0.05) is 51.1 Å². The molecule has 3 saturated heterocycles. The molecule has 4 fully saturated rings. The molecule has 0 N–H and O–H groups in total. The number of benzene rings is 1. The SMILES string of the molecule is C[C@@H]1C(C(=O)N2C(=O)[C@H](C)[C@H]3[C@H]2CCN3C(=O)[C@@H]2CCCN2C(=O)OCc2ccccc2)[C@@H]1C. The Morgan fingerprint density at radius 1 is 0.941 bits per heavy atom. The highest BCUT2D eigenvalue weighted by Crippen LogP contribution is 2.49. The number of carbonyl (C=O) groups is 4. The monoisotopic (exact) mass is 467 g/mol. The number of amides is 4. The van der Waals surface area contributed by atoms with Crippen LogP contribution in [0.25, 0.3) is 0 Å². The van der Waals surface area contributed by atoms with Crippen molar-refractivity contribution in [3.05, 3.63) is 35.9 Å². The third kappa shape index (κ3) is 3.67. The molecule has 1 unspecified atom stereocenters. The fourth-order valence-corrected chi connectivity index (χ4v) is 6.25. The fourth-order valence-electron chi connectivity index (χ4n) is 6.25. The summed E-state index contributed by atoms with van der Waals surface area (Å²) in [6.07, 6.45) is 1.42. The highest BCUT2D eigenvalue weighted by atomic mass is 16.6. The summed E-state index contributed by atoms with van der Waals surface area (Å²) in [5.74, 6) is -0.316. The average Bonchev–Trinajstić information content (AvgIpc) is 3.27. The molecule has 3 aliphatic heterocycles. The van der Waals surface area contributed by atoms with Crippen LogP contribution in [0, 0.1) is 23.7 Å². The summed E-state index contributed by atoms with van der Waals surface area (Å²) in [5, 5.41) is 0. The van der Waals surface area contributed by atoms with Gasteiger partial charge in [-0.15, -0.1) is 0 Å². The molecular formula is C26H33N3O5. The number of likely N-dealkylation sites (tertiary alicyclic amines) is 3. The van der Waals surface area contributed by atoms with Gasteiger partial charge in [-0.05, 0) is 36.7 Å². The number of rotatable bonds is 4. The second kappa shape index (κ2) is 8.71. The normalized spacial score (nSPS) is 34.4. The van der Waals surface area contributed by atoms with Crippen molar-refractivity contribution in [1.82, 2.24) is 14.7 Å². The van der Waals surface area contributed by atoms with Crippen molar-refractivity contribution in [3.8, 4) is 0 Å². The molecule has 3 heterocycles. The van der Waals surface area contributed by atoms with E-state index in [4.69, 9.17) is 4.74 Å². The van der Waals surface area contributed by atoms with Crippen molar-refractivity contribution in [2.45, 2.75) is 64.8 Å². The standard InChI is InChI=1S/C26H33N3O5/c1-15-16(2)21(15)25(32)29-19-11-13-28(22(19)17(3)23(29)30)24(31)20-10-7-12-27(20)26(33)34-14-18-8-5-4-6-9-18/h4-6,8-9,15-17,19-22H,7,10-14H2,1-3H3/t15-,16+,17-,19-,20+,21?,22+/m1/s1. The fraction of sp³-hybridized carbons (Fsp3) is 0.615. The molecule has 34 heavy (non-hydrogen) atoms. The van der Waals surface area contributed by atoms with Gasteiger partial charge >= 0.3 is 6.09 Å². The highest BCUT2D eigenvalue weighted by molar-refractivity contribution is 6.02. The van der Waals surface area contributed by atoms with Crippen molar-refractivity contribution in [1.29, 1.82) is 0 Å². The topological polar surface area (TPSA) is 87.2 Å². The first-order valence-corrected chi connectivity index (χ1v) is 12.5. The zero-order valence-corrected chi connectivity index (χ0v) is 20.1. The molecule has 0 bridgehead atoms.